The summed E-state index contributed by atoms with van der Waals surface area (Å²) in [5.41, 5.74) is 5.35. The Kier molecular flexibility index (Phi) is 10.9. The van der Waals surface area contributed by atoms with Gasteiger partial charge < -0.3 is 5.73 Å². The maximum Gasteiger partial charge on any atom is -0.00457 e. The van der Waals surface area contributed by atoms with Gasteiger partial charge in [-0.15, -0.1) is 0 Å². The van der Waals surface area contributed by atoms with Crippen LogP contribution in [0.15, 0.2) is 0 Å². The second kappa shape index (κ2) is 11.0. The van der Waals surface area contributed by atoms with Crippen LogP contribution < -0.4 is 5.73 Å². The summed E-state index contributed by atoms with van der Waals surface area (Å²) in [6, 6.07) is 0. The van der Waals surface area contributed by atoms with E-state index in [1.165, 1.54) is 51.4 Å². The number of hydrogen-bond acceptors (Lipinski definition) is 1. The topological polar surface area (TPSA) is 26.0 Å². The molecule has 1 radical (unpaired) electrons. The highest BCUT2D eigenvalue weighted by molar-refractivity contribution is 4.63. The zero-order chi connectivity index (χ0) is 9.07. The van der Waals surface area contributed by atoms with Crippen LogP contribution >= 0.6 is 0 Å². The summed E-state index contributed by atoms with van der Waals surface area (Å²) in [6.07, 6.45) is 13.1. The van der Waals surface area contributed by atoms with Crippen molar-refractivity contribution in [1.82, 2.24) is 0 Å². The third-order valence-electron chi connectivity index (χ3n) is 2.18. The fraction of sp³-hybridized carbons (Fsp3) is 0.909. The molecule has 0 fully saturated rings. The molecule has 0 aromatic carbocycles. The summed E-state index contributed by atoms with van der Waals surface area (Å²) in [7, 11) is 0. The fourth-order valence-electron chi connectivity index (χ4n) is 1.36. The van der Waals surface area contributed by atoms with Gasteiger partial charge in [0.25, 0.3) is 0 Å². The van der Waals surface area contributed by atoms with Crippen LogP contribution in [0.4, 0.5) is 0 Å². The normalized spacial score (nSPS) is 10.5. The molecule has 0 unspecified atom stereocenters. The van der Waals surface area contributed by atoms with Crippen molar-refractivity contribution >= 4 is 0 Å². The Morgan fingerprint density at radius 1 is 0.917 bits per heavy atom. The molecule has 0 rings (SSSR count). The van der Waals surface area contributed by atoms with Crippen LogP contribution in [0.2, 0.25) is 0 Å². The third kappa shape index (κ3) is 9.96. The van der Waals surface area contributed by atoms with Crippen LogP contribution in [0, 0.1) is 6.42 Å². The van der Waals surface area contributed by atoms with Crippen LogP contribution in [0.1, 0.15) is 58.3 Å². The van der Waals surface area contributed by atoms with E-state index >= 15 is 0 Å². The molecule has 0 heterocycles. The molecule has 0 amide bonds. The molecule has 73 valence electrons. The molecular formula is C11H24N. The molecule has 0 saturated heterocycles. The maximum atomic E-state index is 5.35. The molecule has 0 spiro atoms. The second-order valence-electron chi connectivity index (χ2n) is 3.43. The van der Waals surface area contributed by atoms with Crippen LogP contribution in [0.5, 0.6) is 0 Å². The van der Waals surface area contributed by atoms with Crippen molar-refractivity contribution in [3.8, 4) is 0 Å². The van der Waals surface area contributed by atoms with Crippen LogP contribution in [-0.4, -0.2) is 6.54 Å². The van der Waals surface area contributed by atoms with Crippen LogP contribution in [0.3, 0.4) is 0 Å². The first-order valence-electron chi connectivity index (χ1n) is 5.43. The molecule has 0 aromatic rings. The molecule has 0 aliphatic rings. The number of hydrogen-bond donors (Lipinski definition) is 1. The molecule has 12 heavy (non-hydrogen) atoms. The Morgan fingerprint density at radius 2 is 1.50 bits per heavy atom. The highest BCUT2D eigenvalue weighted by Gasteiger charge is 1.90. The molecule has 2 N–H and O–H groups in total. The lowest BCUT2D eigenvalue weighted by Crippen LogP contribution is -1.98. The highest BCUT2D eigenvalue weighted by atomic mass is 14.5. The van der Waals surface area contributed by atoms with Gasteiger partial charge in [0, 0.05) is 0 Å². The van der Waals surface area contributed by atoms with Gasteiger partial charge in [0.1, 0.15) is 0 Å². The van der Waals surface area contributed by atoms with Crippen molar-refractivity contribution < 1.29 is 0 Å². The van der Waals surface area contributed by atoms with E-state index in [9.17, 15) is 0 Å². The molecule has 0 bridgehead atoms. The third-order valence-corrected chi connectivity index (χ3v) is 2.18. The molecule has 1 heteroatoms. The van der Waals surface area contributed by atoms with E-state index in [-0.39, 0.29) is 0 Å². The second-order valence-corrected chi connectivity index (χ2v) is 3.43. The van der Waals surface area contributed by atoms with Crippen LogP contribution in [0.25, 0.3) is 0 Å². The van der Waals surface area contributed by atoms with Gasteiger partial charge in [-0.2, -0.15) is 0 Å². The predicted octanol–water partition coefficient (Wildman–Crippen LogP) is 3.29. The van der Waals surface area contributed by atoms with E-state index in [0.717, 1.165) is 6.54 Å². The zero-order valence-electron chi connectivity index (χ0n) is 8.52. The minimum atomic E-state index is 0.746. The lowest BCUT2D eigenvalue weighted by Gasteiger charge is -1.99. The van der Waals surface area contributed by atoms with Crippen molar-refractivity contribution in [1.29, 1.82) is 0 Å². The van der Waals surface area contributed by atoms with Gasteiger partial charge in [0.15, 0.2) is 0 Å². The molecule has 0 saturated carbocycles. The summed E-state index contributed by atoms with van der Waals surface area (Å²) < 4.78 is 0. The van der Waals surface area contributed by atoms with E-state index < -0.39 is 0 Å². The predicted molar refractivity (Wildman–Crippen MR) is 56.0 cm³/mol. The van der Waals surface area contributed by atoms with Gasteiger partial charge in [-0.3, -0.25) is 0 Å². The molecular weight excluding hydrogens is 146 g/mol. The molecule has 0 aliphatic carbocycles. The van der Waals surface area contributed by atoms with Gasteiger partial charge >= 0.3 is 0 Å². The first-order valence-corrected chi connectivity index (χ1v) is 5.43. The molecule has 0 atom stereocenters. The number of rotatable bonds is 9. The quantitative estimate of drug-likeness (QED) is 0.528. The zero-order valence-corrected chi connectivity index (χ0v) is 8.52. The van der Waals surface area contributed by atoms with Crippen LogP contribution in [-0.2, 0) is 0 Å². The minimum Gasteiger partial charge on any atom is -0.330 e. The summed E-state index contributed by atoms with van der Waals surface area (Å²) >= 11 is 0. The smallest absolute Gasteiger partial charge is 0.00457 e. The van der Waals surface area contributed by atoms with Gasteiger partial charge in [0.05, 0.1) is 0 Å². The van der Waals surface area contributed by atoms with E-state index in [2.05, 4.69) is 13.3 Å². The minimum absolute atomic E-state index is 0.746. The fourth-order valence-corrected chi connectivity index (χ4v) is 1.36. The molecule has 0 aromatic heterocycles. The Balaban J connectivity index is 2.73. The standard InChI is InChI=1S/C11H24N/c1-2-3-4-5-6-7-8-9-10-11-12/h10H,2-9,11-12H2,1H3. The SMILES string of the molecule is CCCCCCCCC[CH]CN. The first kappa shape index (κ1) is 12.0. The van der Waals surface area contributed by atoms with Crippen molar-refractivity contribution in [3.63, 3.8) is 0 Å². The lowest BCUT2D eigenvalue weighted by atomic mass is 10.1. The summed E-state index contributed by atoms with van der Waals surface area (Å²) in [4.78, 5) is 0. The Bertz CT molecular complexity index is 61.4. The van der Waals surface area contributed by atoms with Gasteiger partial charge in [-0.1, -0.05) is 51.9 Å². The van der Waals surface area contributed by atoms with Gasteiger partial charge in [-0.25, -0.2) is 0 Å². The van der Waals surface area contributed by atoms with Crippen molar-refractivity contribution in [2.45, 2.75) is 58.3 Å². The first-order chi connectivity index (χ1) is 5.91. The van der Waals surface area contributed by atoms with Gasteiger partial charge in [-0.05, 0) is 19.4 Å². The summed E-state index contributed by atoms with van der Waals surface area (Å²) in [5.74, 6) is 0. The van der Waals surface area contributed by atoms with Gasteiger partial charge in [0.2, 0.25) is 0 Å². The van der Waals surface area contributed by atoms with E-state index in [0.29, 0.717) is 0 Å². The van der Waals surface area contributed by atoms with Crippen molar-refractivity contribution in [2.75, 3.05) is 6.54 Å². The average Bonchev–Trinajstić information content (AvgIpc) is 2.10. The van der Waals surface area contributed by atoms with E-state index in [1.54, 1.807) is 0 Å². The lowest BCUT2D eigenvalue weighted by molar-refractivity contribution is 0.586. The van der Waals surface area contributed by atoms with Crippen molar-refractivity contribution in [2.24, 2.45) is 5.73 Å². The largest absolute Gasteiger partial charge is 0.330 e. The average molecular weight is 170 g/mol. The van der Waals surface area contributed by atoms with E-state index in [4.69, 9.17) is 5.73 Å². The Labute approximate surface area is 77.7 Å². The van der Waals surface area contributed by atoms with Crippen molar-refractivity contribution in [3.05, 3.63) is 6.42 Å². The Morgan fingerprint density at radius 3 is 2.08 bits per heavy atom. The number of unbranched alkanes of at least 4 members (excludes halogenated alkanes) is 8. The monoisotopic (exact) mass is 170 g/mol. The summed E-state index contributed by atoms with van der Waals surface area (Å²) in [6.45, 7) is 3.01. The molecule has 0 aliphatic heterocycles. The molecule has 1 nitrogen and oxygen atoms in total. The maximum absolute atomic E-state index is 5.35. The highest BCUT2D eigenvalue weighted by Crippen LogP contribution is 2.08. The summed E-state index contributed by atoms with van der Waals surface area (Å²) in [5, 5.41) is 0. The number of nitrogens with two attached hydrogens (primary N) is 1. The Hall–Kier alpha value is -0.0400. The van der Waals surface area contributed by atoms with E-state index in [1.807, 2.05) is 0 Å².